The van der Waals surface area contributed by atoms with E-state index in [2.05, 4.69) is 20.8 Å². The van der Waals surface area contributed by atoms with Crippen molar-refractivity contribution >= 4 is 5.97 Å². The lowest BCUT2D eigenvalue weighted by Crippen LogP contribution is -2.00. The molecule has 0 aromatic heterocycles. The van der Waals surface area contributed by atoms with Gasteiger partial charge in [-0.25, -0.2) is 4.79 Å². The van der Waals surface area contributed by atoms with E-state index in [9.17, 15) is 4.79 Å². The summed E-state index contributed by atoms with van der Waals surface area (Å²) in [6.07, 6.45) is 1.13. The Balaban J connectivity index is 2.75. The second-order valence-electron chi connectivity index (χ2n) is 4.46. The number of hydrogen-bond acceptors (Lipinski definition) is 1. The summed E-state index contributed by atoms with van der Waals surface area (Å²) in [5, 5.41) is 8.76. The van der Waals surface area contributed by atoms with Crippen LogP contribution in [0.1, 0.15) is 49.0 Å². The molecule has 0 saturated heterocycles. The monoisotopic (exact) mass is 206 g/mol. The maximum absolute atomic E-state index is 10.7. The van der Waals surface area contributed by atoms with Gasteiger partial charge in [-0.15, -0.1) is 0 Å². The van der Waals surface area contributed by atoms with Crippen molar-refractivity contribution in [1.82, 2.24) is 0 Å². The molecule has 0 radical (unpaired) electrons. The Morgan fingerprint density at radius 2 is 1.73 bits per heavy atom. The van der Waals surface area contributed by atoms with E-state index in [4.69, 9.17) is 5.11 Å². The Kier molecular flexibility index (Phi) is 3.89. The zero-order chi connectivity index (χ0) is 11.4. The summed E-state index contributed by atoms with van der Waals surface area (Å²) in [6.45, 7) is 6.57. The summed E-state index contributed by atoms with van der Waals surface area (Å²) in [7, 11) is 0. The van der Waals surface area contributed by atoms with Crippen molar-refractivity contribution in [1.29, 1.82) is 0 Å². The van der Waals surface area contributed by atoms with Crippen LogP contribution in [0.4, 0.5) is 0 Å². The van der Waals surface area contributed by atoms with Crippen molar-refractivity contribution in [2.75, 3.05) is 0 Å². The highest BCUT2D eigenvalue weighted by molar-refractivity contribution is 5.87. The molecule has 0 heterocycles. The Hall–Kier alpha value is -1.31. The lowest BCUT2D eigenvalue weighted by molar-refractivity contribution is 0.0697. The van der Waals surface area contributed by atoms with Gasteiger partial charge in [0.05, 0.1) is 5.56 Å². The molecule has 0 aliphatic carbocycles. The molecule has 1 N–H and O–H groups in total. The van der Waals surface area contributed by atoms with Crippen molar-refractivity contribution in [2.45, 2.75) is 33.1 Å². The second kappa shape index (κ2) is 4.96. The van der Waals surface area contributed by atoms with Gasteiger partial charge in [0.1, 0.15) is 0 Å². The first-order valence-electron chi connectivity index (χ1n) is 5.34. The number of carboxylic acids is 1. The Morgan fingerprint density at radius 1 is 1.20 bits per heavy atom. The van der Waals surface area contributed by atoms with Crippen LogP contribution < -0.4 is 0 Å². The highest BCUT2D eigenvalue weighted by Crippen LogP contribution is 2.23. The van der Waals surface area contributed by atoms with Crippen molar-refractivity contribution < 1.29 is 9.90 Å². The van der Waals surface area contributed by atoms with Crippen molar-refractivity contribution in [2.24, 2.45) is 5.92 Å². The van der Waals surface area contributed by atoms with Crippen molar-refractivity contribution in [3.8, 4) is 0 Å². The second-order valence-corrected chi connectivity index (χ2v) is 4.46. The molecule has 0 saturated carbocycles. The van der Waals surface area contributed by atoms with Gasteiger partial charge in [0.2, 0.25) is 0 Å². The van der Waals surface area contributed by atoms with Gasteiger partial charge in [0.15, 0.2) is 0 Å². The minimum Gasteiger partial charge on any atom is -0.478 e. The van der Waals surface area contributed by atoms with Gasteiger partial charge in [0.25, 0.3) is 0 Å². The molecular weight excluding hydrogens is 188 g/mol. The summed E-state index contributed by atoms with van der Waals surface area (Å²) >= 11 is 0. The lowest BCUT2D eigenvalue weighted by Gasteiger charge is -2.14. The Labute approximate surface area is 90.9 Å². The Bertz CT molecular complexity index is 325. The molecule has 1 atom stereocenters. The van der Waals surface area contributed by atoms with E-state index in [0.29, 0.717) is 17.4 Å². The first kappa shape index (κ1) is 11.8. The van der Waals surface area contributed by atoms with Crippen LogP contribution in [0.5, 0.6) is 0 Å². The first-order valence-corrected chi connectivity index (χ1v) is 5.34. The topological polar surface area (TPSA) is 37.3 Å². The van der Waals surface area contributed by atoms with Gasteiger partial charge in [-0.05, 0) is 36.0 Å². The lowest BCUT2D eigenvalue weighted by atomic mass is 9.91. The number of aromatic carboxylic acids is 1. The molecule has 1 aromatic carbocycles. The molecule has 1 unspecified atom stereocenters. The molecule has 0 spiro atoms. The molecule has 0 amide bonds. The third kappa shape index (κ3) is 3.39. The number of rotatable bonds is 4. The van der Waals surface area contributed by atoms with Crippen LogP contribution in [0.2, 0.25) is 0 Å². The van der Waals surface area contributed by atoms with E-state index in [1.807, 2.05) is 12.1 Å². The van der Waals surface area contributed by atoms with Crippen LogP contribution in [0, 0.1) is 5.92 Å². The predicted molar refractivity (Wildman–Crippen MR) is 61.3 cm³/mol. The summed E-state index contributed by atoms with van der Waals surface area (Å²) < 4.78 is 0. The van der Waals surface area contributed by atoms with E-state index in [1.54, 1.807) is 12.1 Å². The fourth-order valence-corrected chi connectivity index (χ4v) is 1.80. The van der Waals surface area contributed by atoms with Gasteiger partial charge >= 0.3 is 5.97 Å². The van der Waals surface area contributed by atoms with Gasteiger partial charge in [-0.2, -0.15) is 0 Å². The van der Waals surface area contributed by atoms with Crippen molar-refractivity contribution in [3.63, 3.8) is 0 Å². The quantitative estimate of drug-likeness (QED) is 0.818. The SMILES string of the molecule is CC(C)CC(C)c1ccc(C(=O)O)cc1. The van der Waals surface area contributed by atoms with Crippen LogP contribution in [0.25, 0.3) is 0 Å². The van der Waals surface area contributed by atoms with E-state index < -0.39 is 5.97 Å². The Morgan fingerprint density at radius 3 is 2.13 bits per heavy atom. The minimum atomic E-state index is -0.863. The zero-order valence-electron chi connectivity index (χ0n) is 9.53. The molecule has 0 aliphatic rings. The largest absolute Gasteiger partial charge is 0.478 e. The third-order valence-corrected chi connectivity index (χ3v) is 2.55. The van der Waals surface area contributed by atoms with E-state index in [-0.39, 0.29) is 0 Å². The molecule has 2 heteroatoms. The fourth-order valence-electron chi connectivity index (χ4n) is 1.80. The van der Waals surface area contributed by atoms with Gasteiger partial charge in [-0.1, -0.05) is 32.9 Å². The molecule has 1 rings (SSSR count). The van der Waals surface area contributed by atoms with Crippen molar-refractivity contribution in [3.05, 3.63) is 35.4 Å². The average molecular weight is 206 g/mol. The normalized spacial score (nSPS) is 12.8. The number of carboxylic acid groups (broad SMARTS) is 1. The van der Waals surface area contributed by atoms with Gasteiger partial charge in [0, 0.05) is 0 Å². The van der Waals surface area contributed by atoms with E-state index >= 15 is 0 Å². The van der Waals surface area contributed by atoms with Gasteiger partial charge in [-0.3, -0.25) is 0 Å². The predicted octanol–water partition coefficient (Wildman–Crippen LogP) is 3.53. The molecule has 0 aliphatic heterocycles. The average Bonchev–Trinajstić information content (AvgIpc) is 2.17. The summed E-state index contributed by atoms with van der Waals surface area (Å²) in [6, 6.07) is 7.18. The highest BCUT2D eigenvalue weighted by Gasteiger charge is 2.08. The number of benzene rings is 1. The summed E-state index contributed by atoms with van der Waals surface area (Å²) in [4.78, 5) is 10.7. The number of carbonyl (C=O) groups is 1. The maximum Gasteiger partial charge on any atom is 0.335 e. The molecule has 0 fully saturated rings. The summed E-state index contributed by atoms with van der Waals surface area (Å²) in [5.41, 5.74) is 1.57. The minimum absolute atomic E-state index is 0.357. The highest BCUT2D eigenvalue weighted by atomic mass is 16.4. The molecular formula is C13H18O2. The fraction of sp³-hybridized carbons (Fsp3) is 0.462. The van der Waals surface area contributed by atoms with Crippen LogP contribution in [-0.2, 0) is 0 Å². The zero-order valence-corrected chi connectivity index (χ0v) is 9.53. The number of hydrogen-bond donors (Lipinski definition) is 1. The molecule has 15 heavy (non-hydrogen) atoms. The van der Waals surface area contributed by atoms with E-state index in [1.165, 1.54) is 5.56 Å². The smallest absolute Gasteiger partial charge is 0.335 e. The van der Waals surface area contributed by atoms with Crippen LogP contribution in [0.15, 0.2) is 24.3 Å². The first-order chi connectivity index (χ1) is 7.00. The maximum atomic E-state index is 10.7. The van der Waals surface area contributed by atoms with Crippen LogP contribution >= 0.6 is 0 Å². The standard InChI is InChI=1S/C13H18O2/c1-9(2)8-10(3)11-4-6-12(7-5-11)13(14)15/h4-7,9-10H,8H2,1-3H3,(H,14,15). The third-order valence-electron chi connectivity index (χ3n) is 2.55. The van der Waals surface area contributed by atoms with Gasteiger partial charge < -0.3 is 5.11 Å². The molecule has 2 nitrogen and oxygen atoms in total. The van der Waals surface area contributed by atoms with Crippen LogP contribution in [0.3, 0.4) is 0 Å². The van der Waals surface area contributed by atoms with Crippen LogP contribution in [-0.4, -0.2) is 11.1 Å². The van der Waals surface area contributed by atoms with E-state index in [0.717, 1.165) is 6.42 Å². The summed E-state index contributed by atoms with van der Waals surface area (Å²) in [5.74, 6) is 0.296. The molecule has 0 bridgehead atoms. The molecule has 82 valence electrons. The molecule has 1 aromatic rings.